The van der Waals surface area contributed by atoms with Crippen LogP contribution in [0.5, 0.6) is 0 Å². The van der Waals surface area contributed by atoms with Gasteiger partial charge in [0.25, 0.3) is 0 Å². The predicted octanol–water partition coefficient (Wildman–Crippen LogP) is 3.00. The molecule has 0 atom stereocenters. The molecule has 0 aromatic heterocycles. The maximum Gasteiger partial charge on any atom is 0.191 e. The van der Waals surface area contributed by atoms with Gasteiger partial charge in [-0.25, -0.2) is 0 Å². The number of nitrogens with one attached hydrogen (secondary N) is 1. The van der Waals surface area contributed by atoms with Crippen molar-refractivity contribution in [3.8, 4) is 0 Å². The van der Waals surface area contributed by atoms with E-state index in [2.05, 4.69) is 17.5 Å². The number of hydrogen-bond acceptors (Lipinski definition) is 2. The molecule has 0 saturated carbocycles. The summed E-state index contributed by atoms with van der Waals surface area (Å²) in [4.78, 5) is 0. The third-order valence-corrected chi connectivity index (χ3v) is 2.04. The average molecular weight is 187 g/mol. The van der Waals surface area contributed by atoms with E-state index in [1.165, 1.54) is 5.56 Å². The van der Waals surface area contributed by atoms with Gasteiger partial charge in [0, 0.05) is 5.69 Å². The van der Waals surface area contributed by atoms with E-state index in [0.29, 0.717) is 6.61 Å². The first-order chi connectivity index (χ1) is 6.90. The molecule has 1 heterocycles. The van der Waals surface area contributed by atoms with Crippen molar-refractivity contribution in [2.24, 2.45) is 0 Å². The molecule has 2 rings (SSSR count). The van der Waals surface area contributed by atoms with Crippen molar-refractivity contribution in [2.45, 2.75) is 6.92 Å². The quantitative estimate of drug-likeness (QED) is 0.768. The van der Waals surface area contributed by atoms with E-state index < -0.39 is 0 Å². The third-order valence-electron chi connectivity index (χ3n) is 2.04. The number of ether oxygens (including phenoxy) is 1. The molecule has 72 valence electrons. The molecule has 0 amide bonds. The van der Waals surface area contributed by atoms with Crippen molar-refractivity contribution in [3.63, 3.8) is 0 Å². The smallest absolute Gasteiger partial charge is 0.191 e. The molecule has 0 bridgehead atoms. The monoisotopic (exact) mass is 187 g/mol. The van der Waals surface area contributed by atoms with Crippen LogP contribution in [0.2, 0.25) is 0 Å². The van der Waals surface area contributed by atoms with Gasteiger partial charge in [-0.15, -0.1) is 0 Å². The van der Waals surface area contributed by atoms with Gasteiger partial charge in [-0.2, -0.15) is 0 Å². The second-order valence-corrected chi connectivity index (χ2v) is 3.04. The number of para-hydroxylation sites is 1. The first-order valence-electron chi connectivity index (χ1n) is 4.77. The first kappa shape index (κ1) is 8.88. The SMILES string of the molecule is CCOC1=CC=Cc2ccccc2N1. The van der Waals surface area contributed by atoms with E-state index in [1.54, 1.807) is 0 Å². The summed E-state index contributed by atoms with van der Waals surface area (Å²) in [7, 11) is 0. The molecule has 0 radical (unpaired) electrons. The van der Waals surface area contributed by atoms with Crippen LogP contribution in [0.25, 0.3) is 6.08 Å². The van der Waals surface area contributed by atoms with Gasteiger partial charge >= 0.3 is 0 Å². The summed E-state index contributed by atoms with van der Waals surface area (Å²) in [5.41, 5.74) is 2.26. The van der Waals surface area contributed by atoms with Crippen molar-refractivity contribution in [1.29, 1.82) is 0 Å². The summed E-state index contributed by atoms with van der Waals surface area (Å²) < 4.78 is 5.42. The highest BCUT2D eigenvalue weighted by Gasteiger charge is 2.03. The number of allylic oxidation sites excluding steroid dienone is 2. The number of benzene rings is 1. The van der Waals surface area contributed by atoms with Gasteiger partial charge in [-0.05, 0) is 24.6 Å². The Hall–Kier alpha value is -1.70. The Bertz CT molecular complexity index is 380. The maximum atomic E-state index is 5.42. The summed E-state index contributed by atoms with van der Waals surface area (Å²) in [6.07, 6.45) is 5.99. The zero-order valence-electron chi connectivity index (χ0n) is 8.16. The fraction of sp³-hybridized carbons (Fsp3) is 0.167. The Balaban J connectivity index is 2.28. The minimum Gasteiger partial charge on any atom is -0.479 e. The van der Waals surface area contributed by atoms with Crippen LogP contribution in [0.4, 0.5) is 5.69 Å². The predicted molar refractivity (Wildman–Crippen MR) is 58.8 cm³/mol. The van der Waals surface area contributed by atoms with Gasteiger partial charge in [-0.3, -0.25) is 0 Å². The van der Waals surface area contributed by atoms with E-state index in [0.717, 1.165) is 11.6 Å². The minimum atomic E-state index is 0.675. The highest BCUT2D eigenvalue weighted by Crippen LogP contribution is 2.21. The summed E-state index contributed by atoms with van der Waals surface area (Å²) in [5.74, 6) is 0.800. The van der Waals surface area contributed by atoms with Crippen molar-refractivity contribution in [1.82, 2.24) is 0 Å². The van der Waals surface area contributed by atoms with E-state index in [9.17, 15) is 0 Å². The lowest BCUT2D eigenvalue weighted by Crippen LogP contribution is -2.03. The number of fused-ring (bicyclic) bond motifs is 1. The topological polar surface area (TPSA) is 21.3 Å². The lowest BCUT2D eigenvalue weighted by molar-refractivity contribution is 0.235. The highest BCUT2D eigenvalue weighted by atomic mass is 16.5. The van der Waals surface area contributed by atoms with Crippen molar-refractivity contribution >= 4 is 11.8 Å². The van der Waals surface area contributed by atoms with E-state index in [4.69, 9.17) is 4.74 Å². The fourth-order valence-electron chi connectivity index (χ4n) is 1.41. The standard InChI is InChI=1S/C12H13NO/c1-2-14-12-9-5-7-10-6-3-4-8-11(10)13-12/h3-9,13H,2H2,1H3. The van der Waals surface area contributed by atoms with E-state index in [1.807, 2.05) is 37.3 Å². The van der Waals surface area contributed by atoms with Crippen LogP contribution in [0.15, 0.2) is 42.3 Å². The molecule has 14 heavy (non-hydrogen) atoms. The first-order valence-corrected chi connectivity index (χ1v) is 4.77. The fourth-order valence-corrected chi connectivity index (χ4v) is 1.41. The van der Waals surface area contributed by atoms with Crippen molar-refractivity contribution < 1.29 is 4.74 Å². The molecule has 0 aliphatic carbocycles. The Kier molecular flexibility index (Phi) is 2.54. The number of anilines is 1. The molecule has 0 saturated heterocycles. The van der Waals surface area contributed by atoms with Gasteiger partial charge in [0.1, 0.15) is 0 Å². The van der Waals surface area contributed by atoms with Gasteiger partial charge in [0.15, 0.2) is 5.88 Å². The molecule has 1 aromatic carbocycles. The molecule has 1 aromatic rings. The molecule has 2 heteroatoms. The molecule has 2 nitrogen and oxygen atoms in total. The summed E-state index contributed by atoms with van der Waals surface area (Å²) in [6.45, 7) is 2.65. The van der Waals surface area contributed by atoms with Crippen LogP contribution in [-0.2, 0) is 4.74 Å². The van der Waals surface area contributed by atoms with Crippen LogP contribution in [0.3, 0.4) is 0 Å². The second-order valence-electron chi connectivity index (χ2n) is 3.04. The molecular weight excluding hydrogens is 174 g/mol. The van der Waals surface area contributed by atoms with Gasteiger partial charge < -0.3 is 10.1 Å². The third kappa shape index (κ3) is 1.79. The molecule has 1 aliphatic heterocycles. The van der Waals surface area contributed by atoms with Crippen LogP contribution >= 0.6 is 0 Å². The Morgan fingerprint density at radius 1 is 1.29 bits per heavy atom. The molecule has 0 unspecified atom stereocenters. The molecular formula is C12H13NO. The van der Waals surface area contributed by atoms with Crippen molar-refractivity contribution in [2.75, 3.05) is 11.9 Å². The molecule has 0 spiro atoms. The number of hydrogen-bond donors (Lipinski definition) is 1. The van der Waals surface area contributed by atoms with Crippen LogP contribution in [0, 0.1) is 0 Å². The zero-order chi connectivity index (χ0) is 9.80. The lowest BCUT2D eigenvalue weighted by Gasteiger charge is -2.11. The normalized spacial score (nSPS) is 13.6. The maximum absolute atomic E-state index is 5.42. The average Bonchev–Trinajstić information content (AvgIpc) is 2.40. The Morgan fingerprint density at radius 3 is 3.00 bits per heavy atom. The number of rotatable bonds is 2. The van der Waals surface area contributed by atoms with E-state index in [-0.39, 0.29) is 0 Å². The Labute approximate surface area is 83.9 Å². The van der Waals surface area contributed by atoms with Gasteiger partial charge in [-0.1, -0.05) is 30.4 Å². The van der Waals surface area contributed by atoms with Gasteiger partial charge in [0.2, 0.25) is 0 Å². The molecule has 1 N–H and O–H groups in total. The van der Waals surface area contributed by atoms with Crippen LogP contribution in [-0.4, -0.2) is 6.61 Å². The lowest BCUT2D eigenvalue weighted by atomic mass is 10.2. The van der Waals surface area contributed by atoms with Crippen LogP contribution in [0.1, 0.15) is 12.5 Å². The largest absolute Gasteiger partial charge is 0.479 e. The van der Waals surface area contributed by atoms with Crippen LogP contribution < -0.4 is 5.32 Å². The zero-order valence-corrected chi connectivity index (χ0v) is 8.16. The van der Waals surface area contributed by atoms with Gasteiger partial charge in [0.05, 0.1) is 6.61 Å². The van der Waals surface area contributed by atoms with E-state index >= 15 is 0 Å². The van der Waals surface area contributed by atoms with Crippen molar-refractivity contribution in [3.05, 3.63) is 47.9 Å². The molecule has 0 fully saturated rings. The summed E-state index contributed by atoms with van der Waals surface area (Å²) in [5, 5.41) is 3.24. The Morgan fingerprint density at radius 2 is 2.14 bits per heavy atom. The highest BCUT2D eigenvalue weighted by molar-refractivity contribution is 5.70. The summed E-state index contributed by atoms with van der Waals surface area (Å²) >= 11 is 0. The summed E-state index contributed by atoms with van der Waals surface area (Å²) in [6, 6.07) is 8.14. The molecule has 1 aliphatic rings. The second kappa shape index (κ2) is 4.01. The minimum absolute atomic E-state index is 0.675.